The molecule has 2 rings (SSSR count). The zero-order valence-electron chi connectivity index (χ0n) is 16.8. The highest BCUT2D eigenvalue weighted by Crippen LogP contribution is 2.25. The molecule has 0 saturated carbocycles. The quantitative estimate of drug-likeness (QED) is 0.196. The zero-order valence-corrected chi connectivity index (χ0v) is 16.8. The molecule has 1 unspecified atom stereocenters. The minimum Gasteiger partial charge on any atom is -0.504 e. The molecule has 10 nitrogen and oxygen atoms in total. The van der Waals surface area contributed by atoms with Crippen molar-refractivity contribution in [3.8, 4) is 23.0 Å². The van der Waals surface area contributed by atoms with Crippen LogP contribution in [-0.4, -0.2) is 57.9 Å². The van der Waals surface area contributed by atoms with Gasteiger partial charge in [0.15, 0.2) is 23.0 Å². The minimum atomic E-state index is -0.932. The highest BCUT2D eigenvalue weighted by Gasteiger charge is 2.22. The summed E-state index contributed by atoms with van der Waals surface area (Å²) in [5.41, 5.74) is 0.251. The molecule has 0 saturated heterocycles. The molecule has 0 radical (unpaired) electrons. The van der Waals surface area contributed by atoms with Gasteiger partial charge in [-0.25, -0.2) is 4.79 Å². The van der Waals surface area contributed by atoms with Gasteiger partial charge in [0, 0.05) is 17.7 Å². The summed E-state index contributed by atoms with van der Waals surface area (Å²) in [5, 5.41) is 42.7. The van der Waals surface area contributed by atoms with Gasteiger partial charge in [-0.2, -0.15) is 0 Å². The number of ether oxygens (including phenoxy) is 1. The van der Waals surface area contributed by atoms with E-state index in [0.717, 1.165) is 18.2 Å². The number of aromatic hydroxyl groups is 4. The zero-order chi connectivity index (χ0) is 23.0. The molecular weight excluding hydrogens is 408 g/mol. The number of amides is 2. The predicted molar refractivity (Wildman–Crippen MR) is 109 cm³/mol. The second-order valence-electron chi connectivity index (χ2n) is 6.71. The number of hydrogen-bond donors (Lipinski definition) is 6. The fourth-order valence-electron chi connectivity index (χ4n) is 2.74. The molecule has 0 heterocycles. The van der Waals surface area contributed by atoms with Crippen LogP contribution in [0.1, 0.15) is 40.0 Å². The Hall–Kier alpha value is -3.95. The molecule has 1 atom stereocenters. The van der Waals surface area contributed by atoms with Crippen LogP contribution in [-0.2, 0) is 9.53 Å². The van der Waals surface area contributed by atoms with Gasteiger partial charge >= 0.3 is 5.97 Å². The van der Waals surface area contributed by atoms with Gasteiger partial charge in [-0.15, -0.1) is 0 Å². The molecule has 0 aliphatic rings. The van der Waals surface area contributed by atoms with Crippen molar-refractivity contribution in [1.82, 2.24) is 10.6 Å². The third-order valence-electron chi connectivity index (χ3n) is 4.47. The predicted octanol–water partition coefficient (Wildman–Crippen LogP) is 1.38. The van der Waals surface area contributed by atoms with E-state index in [9.17, 15) is 34.8 Å². The molecule has 0 aliphatic heterocycles. The second kappa shape index (κ2) is 10.7. The fourth-order valence-corrected chi connectivity index (χ4v) is 2.74. The molecule has 2 aromatic rings. The van der Waals surface area contributed by atoms with E-state index in [0.29, 0.717) is 12.8 Å². The van der Waals surface area contributed by atoms with Gasteiger partial charge in [0.05, 0.1) is 7.11 Å². The van der Waals surface area contributed by atoms with E-state index in [1.165, 1.54) is 25.3 Å². The van der Waals surface area contributed by atoms with Crippen molar-refractivity contribution in [3.63, 3.8) is 0 Å². The Morgan fingerprint density at radius 3 is 1.90 bits per heavy atom. The molecule has 0 bridgehead atoms. The van der Waals surface area contributed by atoms with Crippen molar-refractivity contribution in [2.75, 3.05) is 13.7 Å². The SMILES string of the molecule is COC(=O)C(CCCCNC(=O)c1ccc(O)c(O)c1)NC(=O)c1ccc(O)c(O)c1. The Kier molecular flexibility index (Phi) is 8.07. The monoisotopic (exact) mass is 432 g/mol. The number of phenols is 4. The van der Waals surface area contributed by atoms with E-state index < -0.39 is 35.3 Å². The number of benzene rings is 2. The summed E-state index contributed by atoms with van der Waals surface area (Å²) >= 11 is 0. The second-order valence-corrected chi connectivity index (χ2v) is 6.71. The normalized spacial score (nSPS) is 11.4. The fraction of sp³-hybridized carbons (Fsp3) is 0.286. The van der Waals surface area contributed by atoms with E-state index in [-0.39, 0.29) is 35.6 Å². The van der Waals surface area contributed by atoms with Gasteiger partial charge in [-0.3, -0.25) is 9.59 Å². The van der Waals surface area contributed by atoms with E-state index in [1.54, 1.807) is 0 Å². The van der Waals surface area contributed by atoms with Gasteiger partial charge in [-0.05, 0) is 55.7 Å². The molecule has 0 aliphatic carbocycles. The number of unbranched alkanes of at least 4 members (excludes halogenated alkanes) is 1. The number of esters is 1. The van der Waals surface area contributed by atoms with E-state index in [2.05, 4.69) is 10.6 Å². The lowest BCUT2D eigenvalue weighted by molar-refractivity contribution is -0.143. The minimum absolute atomic E-state index is 0.0635. The first-order valence-corrected chi connectivity index (χ1v) is 9.43. The molecule has 0 spiro atoms. The van der Waals surface area contributed by atoms with Crippen LogP contribution in [0.25, 0.3) is 0 Å². The molecule has 10 heteroatoms. The summed E-state index contributed by atoms with van der Waals surface area (Å²) in [6, 6.07) is 6.34. The highest BCUT2D eigenvalue weighted by atomic mass is 16.5. The lowest BCUT2D eigenvalue weighted by atomic mass is 10.1. The molecule has 166 valence electrons. The van der Waals surface area contributed by atoms with Gasteiger partial charge < -0.3 is 35.8 Å². The highest BCUT2D eigenvalue weighted by molar-refractivity contribution is 5.97. The maximum atomic E-state index is 12.3. The van der Waals surface area contributed by atoms with Crippen molar-refractivity contribution in [2.24, 2.45) is 0 Å². The van der Waals surface area contributed by atoms with Gasteiger partial charge in [0.25, 0.3) is 11.8 Å². The van der Waals surface area contributed by atoms with Crippen LogP contribution >= 0.6 is 0 Å². The third kappa shape index (κ3) is 6.53. The van der Waals surface area contributed by atoms with Crippen LogP contribution in [0.5, 0.6) is 23.0 Å². The van der Waals surface area contributed by atoms with E-state index >= 15 is 0 Å². The standard InChI is InChI=1S/C21H24N2O8/c1-31-21(30)14(23-20(29)13-6-8-16(25)18(27)11-13)4-2-3-9-22-19(28)12-5-7-15(24)17(26)10-12/h5-8,10-11,14,24-27H,2-4,9H2,1H3,(H,22,28)(H,23,29). The molecule has 0 fully saturated rings. The average Bonchev–Trinajstić information content (AvgIpc) is 2.75. The first-order chi connectivity index (χ1) is 14.7. The van der Waals surface area contributed by atoms with Crippen LogP contribution in [0.3, 0.4) is 0 Å². The summed E-state index contributed by atoms with van der Waals surface area (Å²) in [7, 11) is 1.20. The maximum absolute atomic E-state index is 12.3. The number of hydrogen-bond acceptors (Lipinski definition) is 8. The Bertz CT molecular complexity index is 960. The number of rotatable bonds is 9. The number of phenolic OH excluding ortho intramolecular Hbond substituents is 4. The van der Waals surface area contributed by atoms with Crippen molar-refractivity contribution in [2.45, 2.75) is 25.3 Å². The van der Waals surface area contributed by atoms with Gasteiger partial charge in [-0.1, -0.05) is 0 Å². The topological polar surface area (TPSA) is 165 Å². The van der Waals surface area contributed by atoms with Crippen molar-refractivity contribution >= 4 is 17.8 Å². The molecule has 2 aromatic carbocycles. The Labute approximate surface area is 178 Å². The first kappa shape index (κ1) is 23.3. The maximum Gasteiger partial charge on any atom is 0.328 e. The number of methoxy groups -OCH3 is 1. The molecule has 0 aromatic heterocycles. The summed E-state index contributed by atoms with van der Waals surface area (Å²) in [5.74, 6) is -3.24. The molecule has 2 amide bonds. The van der Waals surface area contributed by atoms with Crippen molar-refractivity contribution < 1.29 is 39.5 Å². The van der Waals surface area contributed by atoms with Crippen LogP contribution in [0.2, 0.25) is 0 Å². The smallest absolute Gasteiger partial charge is 0.328 e. The number of carbonyl (C=O) groups is 3. The number of nitrogens with one attached hydrogen (secondary N) is 2. The first-order valence-electron chi connectivity index (χ1n) is 9.43. The number of carbonyl (C=O) groups excluding carboxylic acids is 3. The van der Waals surface area contributed by atoms with Gasteiger partial charge in [0.2, 0.25) is 0 Å². The lowest BCUT2D eigenvalue weighted by Gasteiger charge is -2.17. The molecule has 6 N–H and O–H groups in total. The van der Waals surface area contributed by atoms with Crippen LogP contribution in [0.4, 0.5) is 0 Å². The van der Waals surface area contributed by atoms with E-state index in [1.807, 2.05) is 0 Å². The largest absolute Gasteiger partial charge is 0.504 e. The summed E-state index contributed by atoms with van der Waals surface area (Å²) in [4.78, 5) is 36.3. The van der Waals surface area contributed by atoms with Crippen molar-refractivity contribution in [1.29, 1.82) is 0 Å². The lowest BCUT2D eigenvalue weighted by Crippen LogP contribution is -2.41. The van der Waals surface area contributed by atoms with E-state index in [4.69, 9.17) is 4.74 Å². The molecular formula is C21H24N2O8. The Morgan fingerprint density at radius 2 is 1.39 bits per heavy atom. The van der Waals surface area contributed by atoms with Gasteiger partial charge in [0.1, 0.15) is 6.04 Å². The Morgan fingerprint density at radius 1 is 0.839 bits per heavy atom. The molecule has 31 heavy (non-hydrogen) atoms. The van der Waals surface area contributed by atoms with Crippen molar-refractivity contribution in [3.05, 3.63) is 47.5 Å². The van der Waals surface area contributed by atoms with Crippen LogP contribution < -0.4 is 10.6 Å². The van der Waals surface area contributed by atoms with Crippen LogP contribution in [0.15, 0.2) is 36.4 Å². The average molecular weight is 432 g/mol. The summed E-state index contributed by atoms with van der Waals surface area (Å²) in [6.07, 6.45) is 1.22. The summed E-state index contributed by atoms with van der Waals surface area (Å²) < 4.78 is 4.71. The van der Waals surface area contributed by atoms with Crippen LogP contribution in [0, 0.1) is 0 Å². The Balaban J connectivity index is 1.84. The summed E-state index contributed by atoms with van der Waals surface area (Å²) in [6.45, 7) is 0.286. The third-order valence-corrected chi connectivity index (χ3v) is 4.47.